The molecular weight excluding hydrogens is 356 g/mol. The molecule has 0 saturated heterocycles. The molecule has 2 aromatic rings. The lowest BCUT2D eigenvalue weighted by molar-refractivity contribution is -0.0504. The van der Waals surface area contributed by atoms with Crippen LogP contribution in [0.4, 0.5) is 8.78 Å². The number of nitrogens with zero attached hydrogens (tertiary/aromatic N) is 1. The zero-order valence-electron chi connectivity index (χ0n) is 15.1. The van der Waals surface area contributed by atoms with E-state index in [1.54, 1.807) is 24.5 Å². The SMILES string of the molecule is C=CCNC(=NCc1cc(OC)ccc1OC(F)F)NCCc1ccco1. The highest BCUT2D eigenvalue weighted by Crippen LogP contribution is 2.26. The van der Waals surface area contributed by atoms with Gasteiger partial charge in [0, 0.05) is 25.1 Å². The topological polar surface area (TPSA) is 68.0 Å². The molecule has 0 bridgehead atoms. The monoisotopic (exact) mass is 379 g/mol. The summed E-state index contributed by atoms with van der Waals surface area (Å²) in [6, 6.07) is 8.34. The van der Waals surface area contributed by atoms with Crippen LogP contribution >= 0.6 is 0 Å². The molecule has 0 amide bonds. The number of furan rings is 1. The van der Waals surface area contributed by atoms with Crippen LogP contribution in [0, 0.1) is 0 Å². The molecular formula is C19H23F2N3O3. The van der Waals surface area contributed by atoms with Crippen LogP contribution in [0.25, 0.3) is 0 Å². The quantitative estimate of drug-likeness (QED) is 0.376. The average Bonchev–Trinajstić information content (AvgIpc) is 3.17. The van der Waals surface area contributed by atoms with Gasteiger partial charge in [-0.3, -0.25) is 0 Å². The summed E-state index contributed by atoms with van der Waals surface area (Å²) >= 11 is 0. The third-order valence-electron chi connectivity index (χ3n) is 3.55. The second kappa shape index (κ2) is 10.8. The Labute approximate surface area is 156 Å². The average molecular weight is 379 g/mol. The van der Waals surface area contributed by atoms with Crippen molar-refractivity contribution in [3.63, 3.8) is 0 Å². The van der Waals surface area contributed by atoms with E-state index in [-0.39, 0.29) is 12.3 Å². The van der Waals surface area contributed by atoms with E-state index in [0.29, 0.717) is 36.8 Å². The highest BCUT2D eigenvalue weighted by atomic mass is 19.3. The second-order valence-corrected chi connectivity index (χ2v) is 5.44. The predicted molar refractivity (Wildman–Crippen MR) is 99.4 cm³/mol. The van der Waals surface area contributed by atoms with Crippen LogP contribution in [0.5, 0.6) is 11.5 Å². The van der Waals surface area contributed by atoms with Gasteiger partial charge in [-0.15, -0.1) is 6.58 Å². The third kappa shape index (κ3) is 7.01. The molecule has 1 aromatic carbocycles. The number of methoxy groups -OCH3 is 1. The van der Waals surface area contributed by atoms with Crippen LogP contribution < -0.4 is 20.1 Å². The van der Waals surface area contributed by atoms with Crippen molar-refractivity contribution >= 4 is 5.96 Å². The van der Waals surface area contributed by atoms with Crippen LogP contribution in [0.15, 0.2) is 58.7 Å². The molecule has 1 heterocycles. The first-order valence-corrected chi connectivity index (χ1v) is 8.39. The molecule has 6 nitrogen and oxygen atoms in total. The number of ether oxygens (including phenoxy) is 2. The van der Waals surface area contributed by atoms with Crippen molar-refractivity contribution in [2.75, 3.05) is 20.2 Å². The Hall–Kier alpha value is -3.03. The van der Waals surface area contributed by atoms with Gasteiger partial charge in [0.1, 0.15) is 17.3 Å². The normalized spacial score (nSPS) is 11.3. The van der Waals surface area contributed by atoms with Gasteiger partial charge in [0.15, 0.2) is 5.96 Å². The molecule has 0 fully saturated rings. The molecule has 0 aliphatic rings. The van der Waals surface area contributed by atoms with E-state index in [9.17, 15) is 8.78 Å². The molecule has 0 aliphatic heterocycles. The molecule has 2 N–H and O–H groups in total. The molecule has 27 heavy (non-hydrogen) atoms. The maximum Gasteiger partial charge on any atom is 0.387 e. The van der Waals surface area contributed by atoms with E-state index in [1.807, 2.05) is 12.1 Å². The van der Waals surface area contributed by atoms with Crippen LogP contribution in [0.1, 0.15) is 11.3 Å². The summed E-state index contributed by atoms with van der Waals surface area (Å²) in [5.74, 6) is 1.97. The highest BCUT2D eigenvalue weighted by Gasteiger charge is 2.11. The van der Waals surface area contributed by atoms with Crippen LogP contribution in [0.2, 0.25) is 0 Å². The fourth-order valence-electron chi connectivity index (χ4n) is 2.28. The number of benzene rings is 1. The Morgan fingerprint density at radius 1 is 1.33 bits per heavy atom. The highest BCUT2D eigenvalue weighted by molar-refractivity contribution is 5.80. The van der Waals surface area contributed by atoms with Crippen molar-refractivity contribution in [2.24, 2.45) is 4.99 Å². The van der Waals surface area contributed by atoms with Crippen molar-refractivity contribution in [2.45, 2.75) is 19.6 Å². The van der Waals surface area contributed by atoms with Gasteiger partial charge in [0.25, 0.3) is 0 Å². The molecule has 2 rings (SSSR count). The number of guanidine groups is 1. The summed E-state index contributed by atoms with van der Waals surface area (Å²) in [4.78, 5) is 4.43. The van der Waals surface area contributed by atoms with Gasteiger partial charge in [0.2, 0.25) is 0 Å². The van der Waals surface area contributed by atoms with Crippen LogP contribution in [0.3, 0.4) is 0 Å². The maximum atomic E-state index is 12.6. The van der Waals surface area contributed by atoms with Crippen LogP contribution in [-0.2, 0) is 13.0 Å². The number of alkyl halides is 2. The van der Waals surface area contributed by atoms with Gasteiger partial charge < -0.3 is 24.5 Å². The minimum absolute atomic E-state index is 0.0632. The first kappa shape index (κ1) is 20.3. The van der Waals surface area contributed by atoms with Crippen molar-refractivity contribution in [1.82, 2.24) is 10.6 Å². The van der Waals surface area contributed by atoms with Gasteiger partial charge >= 0.3 is 6.61 Å². The van der Waals surface area contributed by atoms with E-state index in [0.717, 1.165) is 5.76 Å². The smallest absolute Gasteiger partial charge is 0.387 e. The molecule has 0 unspecified atom stereocenters. The lowest BCUT2D eigenvalue weighted by Crippen LogP contribution is -2.38. The Morgan fingerprint density at radius 3 is 2.85 bits per heavy atom. The van der Waals surface area contributed by atoms with E-state index >= 15 is 0 Å². The second-order valence-electron chi connectivity index (χ2n) is 5.44. The molecule has 8 heteroatoms. The van der Waals surface area contributed by atoms with E-state index < -0.39 is 6.61 Å². The first-order chi connectivity index (χ1) is 13.1. The maximum absolute atomic E-state index is 12.6. The van der Waals surface area contributed by atoms with E-state index in [1.165, 1.54) is 13.2 Å². The first-order valence-electron chi connectivity index (χ1n) is 8.39. The number of halogens is 2. The zero-order chi connectivity index (χ0) is 19.5. The molecule has 0 radical (unpaired) electrons. The van der Waals surface area contributed by atoms with E-state index in [2.05, 4.69) is 26.9 Å². The fraction of sp³-hybridized carbons (Fsp3) is 0.316. The minimum Gasteiger partial charge on any atom is -0.497 e. The summed E-state index contributed by atoms with van der Waals surface area (Å²) in [5, 5.41) is 6.24. The molecule has 0 aliphatic carbocycles. The van der Waals surface area contributed by atoms with Gasteiger partial charge in [-0.1, -0.05) is 6.08 Å². The molecule has 146 valence electrons. The Bertz CT molecular complexity index is 734. The van der Waals surface area contributed by atoms with Crippen molar-refractivity contribution < 1.29 is 22.7 Å². The van der Waals surface area contributed by atoms with E-state index in [4.69, 9.17) is 9.15 Å². The molecule has 0 atom stereocenters. The van der Waals surface area contributed by atoms with Gasteiger partial charge in [-0.05, 0) is 30.3 Å². The predicted octanol–water partition coefficient (Wildman–Crippen LogP) is 3.35. The third-order valence-corrected chi connectivity index (χ3v) is 3.55. The Kier molecular flexibility index (Phi) is 8.15. The summed E-state index contributed by atoms with van der Waals surface area (Å²) in [6.07, 6.45) is 3.99. The Balaban J connectivity index is 2.07. The number of nitrogens with one attached hydrogen (secondary N) is 2. The summed E-state index contributed by atoms with van der Waals surface area (Å²) in [7, 11) is 1.50. The molecule has 0 saturated carbocycles. The standard InChI is InChI=1S/C19H23F2N3O3/c1-3-9-22-19(23-10-8-15-5-4-11-26-15)24-13-14-12-16(25-2)6-7-17(14)27-18(20)21/h3-7,11-12,18H,1,8-10,13H2,2H3,(H2,22,23,24). The van der Waals surface area contributed by atoms with Crippen LogP contribution in [-0.4, -0.2) is 32.8 Å². The largest absolute Gasteiger partial charge is 0.497 e. The van der Waals surface area contributed by atoms with Crippen molar-refractivity contribution in [3.05, 3.63) is 60.6 Å². The molecule has 0 spiro atoms. The lowest BCUT2D eigenvalue weighted by atomic mass is 10.2. The van der Waals surface area contributed by atoms with Gasteiger partial charge in [-0.2, -0.15) is 8.78 Å². The summed E-state index contributed by atoms with van der Waals surface area (Å²) in [5.41, 5.74) is 0.486. The summed E-state index contributed by atoms with van der Waals surface area (Å²) in [6.45, 7) is 1.98. The number of hydrogen-bond donors (Lipinski definition) is 2. The molecule has 1 aromatic heterocycles. The Morgan fingerprint density at radius 2 is 2.19 bits per heavy atom. The number of aliphatic imine (C=N–C) groups is 1. The minimum atomic E-state index is -2.91. The number of hydrogen-bond acceptors (Lipinski definition) is 4. The zero-order valence-corrected chi connectivity index (χ0v) is 15.1. The number of rotatable bonds is 10. The summed E-state index contributed by atoms with van der Waals surface area (Å²) < 4.78 is 40.2. The fourth-order valence-corrected chi connectivity index (χ4v) is 2.28. The van der Waals surface area contributed by atoms with Gasteiger partial charge in [-0.25, -0.2) is 4.99 Å². The van der Waals surface area contributed by atoms with Crippen molar-refractivity contribution in [1.29, 1.82) is 0 Å². The van der Waals surface area contributed by atoms with Gasteiger partial charge in [0.05, 0.1) is 19.9 Å². The van der Waals surface area contributed by atoms with Crippen molar-refractivity contribution in [3.8, 4) is 11.5 Å². The lowest BCUT2D eigenvalue weighted by Gasteiger charge is -2.13.